The molecule has 1 N–H and O–H groups in total. The van der Waals surface area contributed by atoms with E-state index in [9.17, 15) is 9.59 Å². The SMILES string of the molecule is CNC(=O)c1ccc(/C=C/C(=O)c2ccccc2)cc1. The van der Waals surface area contributed by atoms with Crippen LogP contribution in [0.25, 0.3) is 6.08 Å². The summed E-state index contributed by atoms with van der Waals surface area (Å²) in [5, 5.41) is 2.56. The molecule has 3 nitrogen and oxygen atoms in total. The molecule has 0 saturated carbocycles. The Morgan fingerprint density at radius 2 is 1.55 bits per heavy atom. The van der Waals surface area contributed by atoms with Crippen LogP contribution in [-0.2, 0) is 0 Å². The van der Waals surface area contributed by atoms with Crippen molar-refractivity contribution >= 4 is 17.8 Å². The van der Waals surface area contributed by atoms with Crippen molar-refractivity contribution in [3.8, 4) is 0 Å². The van der Waals surface area contributed by atoms with Crippen molar-refractivity contribution in [1.82, 2.24) is 5.32 Å². The molecule has 1 amide bonds. The fourth-order valence-corrected chi connectivity index (χ4v) is 1.76. The minimum atomic E-state index is -0.124. The van der Waals surface area contributed by atoms with Gasteiger partial charge in [-0.1, -0.05) is 48.5 Å². The van der Waals surface area contributed by atoms with E-state index in [1.807, 2.05) is 18.2 Å². The van der Waals surface area contributed by atoms with E-state index >= 15 is 0 Å². The normalized spacial score (nSPS) is 10.4. The number of benzene rings is 2. The topological polar surface area (TPSA) is 46.2 Å². The molecule has 0 unspecified atom stereocenters. The lowest BCUT2D eigenvalue weighted by atomic mass is 10.1. The second-order valence-corrected chi connectivity index (χ2v) is 4.26. The van der Waals surface area contributed by atoms with Gasteiger partial charge in [-0.15, -0.1) is 0 Å². The van der Waals surface area contributed by atoms with Crippen molar-refractivity contribution in [1.29, 1.82) is 0 Å². The zero-order valence-electron chi connectivity index (χ0n) is 11.2. The van der Waals surface area contributed by atoms with Gasteiger partial charge in [-0.25, -0.2) is 0 Å². The van der Waals surface area contributed by atoms with E-state index in [-0.39, 0.29) is 11.7 Å². The smallest absolute Gasteiger partial charge is 0.251 e. The van der Waals surface area contributed by atoms with Crippen LogP contribution in [0.5, 0.6) is 0 Å². The second kappa shape index (κ2) is 6.48. The zero-order valence-corrected chi connectivity index (χ0v) is 11.2. The summed E-state index contributed by atoms with van der Waals surface area (Å²) in [4.78, 5) is 23.3. The highest BCUT2D eigenvalue weighted by Crippen LogP contribution is 2.08. The lowest BCUT2D eigenvalue weighted by Gasteiger charge is -2.00. The third kappa shape index (κ3) is 3.42. The molecule has 3 heteroatoms. The van der Waals surface area contributed by atoms with Crippen molar-refractivity contribution in [2.24, 2.45) is 0 Å². The van der Waals surface area contributed by atoms with Crippen molar-refractivity contribution in [2.75, 3.05) is 7.05 Å². The molecule has 2 aromatic rings. The van der Waals surface area contributed by atoms with E-state index in [1.165, 1.54) is 6.08 Å². The fraction of sp³-hybridized carbons (Fsp3) is 0.0588. The summed E-state index contributed by atoms with van der Waals surface area (Å²) < 4.78 is 0. The number of hydrogen-bond acceptors (Lipinski definition) is 2. The number of hydrogen-bond donors (Lipinski definition) is 1. The summed E-state index contributed by atoms with van der Waals surface area (Å²) in [5.41, 5.74) is 2.13. The number of rotatable bonds is 4. The quantitative estimate of drug-likeness (QED) is 0.682. The zero-order chi connectivity index (χ0) is 14.4. The average Bonchev–Trinajstić information content (AvgIpc) is 2.53. The van der Waals surface area contributed by atoms with Crippen molar-refractivity contribution in [3.63, 3.8) is 0 Å². The number of carbonyl (C=O) groups excluding carboxylic acids is 2. The minimum absolute atomic E-state index is 0.0408. The maximum Gasteiger partial charge on any atom is 0.251 e. The minimum Gasteiger partial charge on any atom is -0.355 e. The van der Waals surface area contributed by atoms with Gasteiger partial charge in [-0.05, 0) is 23.8 Å². The Balaban J connectivity index is 2.08. The summed E-state index contributed by atoms with van der Waals surface area (Å²) in [7, 11) is 1.59. The maximum atomic E-state index is 11.9. The summed E-state index contributed by atoms with van der Waals surface area (Å²) in [6, 6.07) is 16.2. The van der Waals surface area contributed by atoms with Gasteiger partial charge < -0.3 is 5.32 Å². The third-order valence-corrected chi connectivity index (χ3v) is 2.89. The molecule has 2 rings (SSSR count). The number of nitrogens with one attached hydrogen (secondary N) is 1. The Kier molecular flexibility index (Phi) is 4.45. The van der Waals surface area contributed by atoms with Gasteiger partial charge in [0.15, 0.2) is 5.78 Å². The van der Waals surface area contributed by atoms with Crippen LogP contribution in [0.4, 0.5) is 0 Å². The Morgan fingerprint density at radius 1 is 0.900 bits per heavy atom. The monoisotopic (exact) mass is 265 g/mol. The first-order chi connectivity index (χ1) is 9.70. The standard InChI is InChI=1S/C17H15NO2/c1-18-17(20)15-10-7-13(8-11-15)9-12-16(19)14-5-3-2-4-6-14/h2-12H,1H3,(H,18,20)/b12-9+. The molecule has 0 radical (unpaired) electrons. The first-order valence-corrected chi connectivity index (χ1v) is 6.30. The van der Waals surface area contributed by atoms with Crippen molar-refractivity contribution in [3.05, 3.63) is 77.4 Å². The highest BCUT2D eigenvalue weighted by atomic mass is 16.1. The Morgan fingerprint density at radius 3 is 2.15 bits per heavy atom. The van der Waals surface area contributed by atoms with Crippen LogP contribution in [0.15, 0.2) is 60.7 Å². The van der Waals surface area contributed by atoms with E-state index in [0.29, 0.717) is 11.1 Å². The molecule has 0 spiro atoms. The number of allylic oxidation sites excluding steroid dienone is 1. The van der Waals surface area contributed by atoms with E-state index in [1.54, 1.807) is 49.5 Å². The first kappa shape index (κ1) is 13.7. The van der Waals surface area contributed by atoms with Gasteiger partial charge in [0.2, 0.25) is 0 Å². The van der Waals surface area contributed by atoms with Gasteiger partial charge in [0.05, 0.1) is 0 Å². The van der Waals surface area contributed by atoms with E-state index in [4.69, 9.17) is 0 Å². The molecule has 0 atom stereocenters. The second-order valence-electron chi connectivity index (χ2n) is 4.26. The summed E-state index contributed by atoms with van der Waals surface area (Å²) in [6.07, 6.45) is 3.27. The Bertz CT molecular complexity index is 628. The molecule has 0 saturated heterocycles. The largest absolute Gasteiger partial charge is 0.355 e. The molecule has 0 fully saturated rings. The molecular formula is C17H15NO2. The van der Waals surface area contributed by atoms with Crippen LogP contribution in [-0.4, -0.2) is 18.7 Å². The Labute approximate surface area is 117 Å². The van der Waals surface area contributed by atoms with E-state index < -0.39 is 0 Å². The van der Waals surface area contributed by atoms with Gasteiger partial charge in [0.25, 0.3) is 5.91 Å². The Hall–Kier alpha value is -2.68. The number of ketones is 1. The molecule has 0 aliphatic carbocycles. The van der Waals surface area contributed by atoms with Gasteiger partial charge in [-0.2, -0.15) is 0 Å². The first-order valence-electron chi connectivity index (χ1n) is 6.30. The van der Waals surface area contributed by atoms with E-state index in [2.05, 4.69) is 5.32 Å². The van der Waals surface area contributed by atoms with Gasteiger partial charge in [0, 0.05) is 18.2 Å². The molecule has 20 heavy (non-hydrogen) atoms. The predicted molar refractivity (Wildman–Crippen MR) is 79.6 cm³/mol. The van der Waals surface area contributed by atoms with Crippen LogP contribution in [0.2, 0.25) is 0 Å². The van der Waals surface area contributed by atoms with Gasteiger partial charge >= 0.3 is 0 Å². The van der Waals surface area contributed by atoms with Crippen molar-refractivity contribution in [2.45, 2.75) is 0 Å². The van der Waals surface area contributed by atoms with Gasteiger partial charge in [-0.3, -0.25) is 9.59 Å². The van der Waals surface area contributed by atoms with Crippen LogP contribution in [0.3, 0.4) is 0 Å². The molecule has 2 aromatic carbocycles. The molecule has 100 valence electrons. The molecule has 0 aromatic heterocycles. The van der Waals surface area contributed by atoms with E-state index in [0.717, 1.165) is 5.56 Å². The molecule has 0 bridgehead atoms. The van der Waals surface area contributed by atoms with Crippen LogP contribution >= 0.6 is 0 Å². The predicted octanol–water partition coefficient (Wildman–Crippen LogP) is 2.94. The summed E-state index contributed by atoms with van der Waals surface area (Å²) in [5.74, 6) is -0.165. The maximum absolute atomic E-state index is 11.9. The van der Waals surface area contributed by atoms with Crippen molar-refractivity contribution < 1.29 is 9.59 Å². The molecule has 0 heterocycles. The highest BCUT2D eigenvalue weighted by molar-refractivity contribution is 6.06. The summed E-state index contributed by atoms with van der Waals surface area (Å²) >= 11 is 0. The van der Waals surface area contributed by atoms with Crippen LogP contribution < -0.4 is 5.32 Å². The van der Waals surface area contributed by atoms with Crippen LogP contribution in [0.1, 0.15) is 26.3 Å². The molecular weight excluding hydrogens is 250 g/mol. The fourth-order valence-electron chi connectivity index (χ4n) is 1.76. The molecule has 0 aliphatic rings. The van der Waals surface area contributed by atoms with Crippen LogP contribution in [0, 0.1) is 0 Å². The highest BCUT2D eigenvalue weighted by Gasteiger charge is 2.02. The third-order valence-electron chi connectivity index (χ3n) is 2.89. The molecule has 0 aliphatic heterocycles. The lowest BCUT2D eigenvalue weighted by molar-refractivity contribution is 0.0962. The number of amides is 1. The summed E-state index contributed by atoms with van der Waals surface area (Å²) in [6.45, 7) is 0. The average molecular weight is 265 g/mol. The number of carbonyl (C=O) groups is 2. The van der Waals surface area contributed by atoms with Gasteiger partial charge in [0.1, 0.15) is 0 Å². The lowest BCUT2D eigenvalue weighted by Crippen LogP contribution is -2.17.